The van der Waals surface area contributed by atoms with E-state index < -0.39 is 0 Å². The van der Waals surface area contributed by atoms with E-state index in [9.17, 15) is 0 Å². The van der Waals surface area contributed by atoms with Crippen LogP contribution in [0.1, 0.15) is 17.9 Å². The minimum Gasteiger partial charge on any atom is -0.493 e. The molecule has 2 unspecified atom stereocenters. The van der Waals surface area contributed by atoms with Gasteiger partial charge in [0.2, 0.25) is 5.75 Å². The summed E-state index contributed by atoms with van der Waals surface area (Å²) in [6.07, 6.45) is 1.22. The van der Waals surface area contributed by atoms with Crippen molar-refractivity contribution in [1.82, 2.24) is 5.32 Å². The Labute approximate surface area is 108 Å². The molecule has 100 valence electrons. The smallest absolute Gasteiger partial charge is 0.203 e. The SMILES string of the molecule is CNCC1CC1c1cc(OC)c(OC)c(OC)c1. The molecule has 1 aliphatic carbocycles. The zero-order chi connectivity index (χ0) is 13.1. The molecule has 4 heteroatoms. The van der Waals surface area contributed by atoms with Crippen molar-refractivity contribution in [3.8, 4) is 17.2 Å². The van der Waals surface area contributed by atoms with E-state index in [-0.39, 0.29) is 0 Å². The van der Waals surface area contributed by atoms with Crippen LogP contribution in [0.4, 0.5) is 0 Å². The Kier molecular flexibility index (Phi) is 3.97. The monoisotopic (exact) mass is 251 g/mol. The van der Waals surface area contributed by atoms with Crippen LogP contribution in [0.15, 0.2) is 12.1 Å². The normalized spacial score (nSPS) is 21.6. The fraction of sp³-hybridized carbons (Fsp3) is 0.571. The van der Waals surface area contributed by atoms with Crippen LogP contribution in [0.2, 0.25) is 0 Å². The van der Waals surface area contributed by atoms with Gasteiger partial charge in [0.05, 0.1) is 21.3 Å². The third-order valence-electron chi connectivity index (χ3n) is 3.50. The van der Waals surface area contributed by atoms with Gasteiger partial charge in [0.15, 0.2) is 11.5 Å². The minimum absolute atomic E-state index is 0.603. The van der Waals surface area contributed by atoms with E-state index in [1.54, 1.807) is 21.3 Å². The van der Waals surface area contributed by atoms with Gasteiger partial charge in [-0.05, 0) is 49.5 Å². The lowest BCUT2D eigenvalue weighted by atomic mass is 10.1. The second kappa shape index (κ2) is 5.48. The first-order valence-electron chi connectivity index (χ1n) is 6.19. The summed E-state index contributed by atoms with van der Waals surface area (Å²) in [6.45, 7) is 1.06. The van der Waals surface area contributed by atoms with E-state index in [1.165, 1.54) is 12.0 Å². The molecule has 1 aliphatic rings. The highest BCUT2D eigenvalue weighted by Crippen LogP contribution is 2.50. The fourth-order valence-corrected chi connectivity index (χ4v) is 2.46. The maximum absolute atomic E-state index is 5.37. The third kappa shape index (κ3) is 2.38. The van der Waals surface area contributed by atoms with E-state index in [0.29, 0.717) is 11.7 Å². The largest absolute Gasteiger partial charge is 0.493 e. The molecule has 2 atom stereocenters. The predicted molar refractivity (Wildman–Crippen MR) is 70.9 cm³/mol. The molecular weight excluding hydrogens is 230 g/mol. The zero-order valence-electron chi connectivity index (χ0n) is 11.4. The van der Waals surface area contributed by atoms with E-state index in [4.69, 9.17) is 14.2 Å². The molecule has 18 heavy (non-hydrogen) atoms. The molecule has 0 aromatic heterocycles. The topological polar surface area (TPSA) is 39.7 Å². The van der Waals surface area contributed by atoms with Gasteiger partial charge < -0.3 is 19.5 Å². The molecule has 0 bridgehead atoms. The lowest BCUT2D eigenvalue weighted by Gasteiger charge is -2.14. The van der Waals surface area contributed by atoms with Gasteiger partial charge in [-0.1, -0.05) is 0 Å². The van der Waals surface area contributed by atoms with Crippen molar-refractivity contribution < 1.29 is 14.2 Å². The Morgan fingerprint density at radius 1 is 1.11 bits per heavy atom. The fourth-order valence-electron chi connectivity index (χ4n) is 2.46. The highest BCUT2D eigenvalue weighted by atomic mass is 16.5. The Hall–Kier alpha value is -1.42. The Morgan fingerprint density at radius 2 is 1.72 bits per heavy atom. The summed E-state index contributed by atoms with van der Waals surface area (Å²) in [5, 5.41) is 3.22. The van der Waals surface area contributed by atoms with Crippen LogP contribution in [0.5, 0.6) is 17.2 Å². The summed E-state index contributed by atoms with van der Waals surface area (Å²) in [5.41, 5.74) is 1.27. The predicted octanol–water partition coefficient (Wildman–Crippen LogP) is 2.04. The second-order valence-corrected chi connectivity index (χ2v) is 4.62. The Bertz CT molecular complexity index is 394. The number of hydrogen-bond acceptors (Lipinski definition) is 4. The molecule has 0 aliphatic heterocycles. The van der Waals surface area contributed by atoms with Gasteiger partial charge in [-0.2, -0.15) is 0 Å². The molecule has 0 spiro atoms. The Balaban J connectivity index is 2.27. The molecule has 1 saturated carbocycles. The van der Waals surface area contributed by atoms with Gasteiger partial charge in [-0.3, -0.25) is 0 Å². The quantitative estimate of drug-likeness (QED) is 0.840. The van der Waals surface area contributed by atoms with Crippen molar-refractivity contribution in [3.05, 3.63) is 17.7 Å². The highest BCUT2D eigenvalue weighted by molar-refractivity contribution is 5.55. The van der Waals surface area contributed by atoms with Crippen molar-refractivity contribution in [3.63, 3.8) is 0 Å². The van der Waals surface area contributed by atoms with E-state index in [0.717, 1.165) is 24.0 Å². The van der Waals surface area contributed by atoms with Crippen molar-refractivity contribution >= 4 is 0 Å². The first-order valence-corrected chi connectivity index (χ1v) is 6.19. The van der Waals surface area contributed by atoms with E-state index in [2.05, 4.69) is 17.4 Å². The highest BCUT2D eigenvalue weighted by Gasteiger charge is 2.38. The van der Waals surface area contributed by atoms with Gasteiger partial charge in [0.25, 0.3) is 0 Å². The van der Waals surface area contributed by atoms with Crippen molar-refractivity contribution in [2.45, 2.75) is 12.3 Å². The first kappa shape index (κ1) is 13.0. The van der Waals surface area contributed by atoms with Crippen molar-refractivity contribution in [2.75, 3.05) is 34.9 Å². The maximum atomic E-state index is 5.37. The molecule has 2 rings (SSSR count). The lowest BCUT2D eigenvalue weighted by molar-refractivity contribution is 0.323. The second-order valence-electron chi connectivity index (χ2n) is 4.62. The van der Waals surface area contributed by atoms with Crippen LogP contribution in [0.3, 0.4) is 0 Å². The third-order valence-corrected chi connectivity index (χ3v) is 3.50. The standard InChI is InChI=1S/C14H21NO3/c1-15-8-10-5-11(10)9-6-12(16-2)14(18-4)13(7-9)17-3/h6-7,10-11,15H,5,8H2,1-4H3. The summed E-state index contributed by atoms with van der Waals surface area (Å²) in [4.78, 5) is 0. The number of nitrogens with one attached hydrogen (secondary N) is 1. The number of ether oxygens (including phenoxy) is 3. The number of rotatable bonds is 6. The zero-order valence-corrected chi connectivity index (χ0v) is 11.4. The molecular formula is C14H21NO3. The summed E-state index contributed by atoms with van der Waals surface area (Å²) < 4.78 is 16.1. The van der Waals surface area contributed by atoms with Gasteiger partial charge in [-0.25, -0.2) is 0 Å². The summed E-state index contributed by atoms with van der Waals surface area (Å²) in [7, 11) is 6.92. The van der Waals surface area contributed by atoms with E-state index >= 15 is 0 Å². The van der Waals surface area contributed by atoms with Crippen LogP contribution in [0, 0.1) is 5.92 Å². The lowest BCUT2D eigenvalue weighted by Crippen LogP contribution is -2.10. The molecule has 4 nitrogen and oxygen atoms in total. The molecule has 1 aromatic carbocycles. The van der Waals surface area contributed by atoms with Crippen LogP contribution < -0.4 is 19.5 Å². The number of benzene rings is 1. The molecule has 1 fully saturated rings. The number of methoxy groups -OCH3 is 3. The summed E-state index contributed by atoms with van der Waals surface area (Å²) in [5.74, 6) is 3.46. The average molecular weight is 251 g/mol. The first-order chi connectivity index (χ1) is 8.74. The van der Waals surface area contributed by atoms with Crippen LogP contribution >= 0.6 is 0 Å². The van der Waals surface area contributed by atoms with Gasteiger partial charge in [0.1, 0.15) is 0 Å². The van der Waals surface area contributed by atoms with Crippen LogP contribution in [0.25, 0.3) is 0 Å². The number of hydrogen-bond donors (Lipinski definition) is 1. The van der Waals surface area contributed by atoms with Crippen molar-refractivity contribution in [1.29, 1.82) is 0 Å². The van der Waals surface area contributed by atoms with Crippen LogP contribution in [-0.4, -0.2) is 34.9 Å². The van der Waals surface area contributed by atoms with Gasteiger partial charge >= 0.3 is 0 Å². The van der Waals surface area contributed by atoms with E-state index in [1.807, 2.05) is 7.05 Å². The minimum atomic E-state index is 0.603. The van der Waals surface area contributed by atoms with Gasteiger partial charge in [-0.15, -0.1) is 0 Å². The maximum Gasteiger partial charge on any atom is 0.203 e. The van der Waals surface area contributed by atoms with Gasteiger partial charge in [0, 0.05) is 0 Å². The summed E-state index contributed by atoms with van der Waals surface area (Å²) in [6, 6.07) is 4.11. The molecule has 1 aromatic rings. The molecule has 0 amide bonds. The molecule has 0 radical (unpaired) electrons. The Morgan fingerprint density at radius 3 is 2.17 bits per heavy atom. The molecule has 0 heterocycles. The van der Waals surface area contributed by atoms with Crippen molar-refractivity contribution in [2.24, 2.45) is 5.92 Å². The average Bonchev–Trinajstić information content (AvgIpc) is 3.16. The summed E-state index contributed by atoms with van der Waals surface area (Å²) >= 11 is 0. The molecule has 0 saturated heterocycles. The molecule has 1 N–H and O–H groups in total. The van der Waals surface area contributed by atoms with Crippen LogP contribution in [-0.2, 0) is 0 Å².